The number of para-hydroxylation sites is 2. The second kappa shape index (κ2) is 10.3. The van der Waals surface area contributed by atoms with Crippen LogP contribution in [0.2, 0.25) is 0 Å². The summed E-state index contributed by atoms with van der Waals surface area (Å²) < 4.78 is 4.75. The SMILES string of the molecule is COC(=O)[C@](CS)(C/C=C/O)NC(=O)CNC(=O)c1cccc2c(=O)c3cccc(N)c3[nH]c12. The van der Waals surface area contributed by atoms with Crippen LogP contribution in [0.5, 0.6) is 0 Å². The minimum absolute atomic E-state index is 0.0710. The molecule has 3 rings (SSSR count). The Balaban J connectivity index is 1.86. The summed E-state index contributed by atoms with van der Waals surface area (Å²) in [6.45, 7) is -0.468. The lowest BCUT2D eigenvalue weighted by Gasteiger charge is -2.29. The normalized spacial score (nSPS) is 13.0. The van der Waals surface area contributed by atoms with Gasteiger partial charge in [0.2, 0.25) is 5.91 Å². The Morgan fingerprint density at radius 3 is 2.50 bits per heavy atom. The van der Waals surface area contributed by atoms with E-state index in [2.05, 4.69) is 28.2 Å². The maximum absolute atomic E-state index is 12.9. The number of aromatic amines is 1. The van der Waals surface area contributed by atoms with E-state index < -0.39 is 29.9 Å². The summed E-state index contributed by atoms with van der Waals surface area (Å²) in [6.07, 6.45) is 1.94. The number of ether oxygens (including phenoxy) is 1. The highest BCUT2D eigenvalue weighted by Crippen LogP contribution is 2.22. The largest absolute Gasteiger partial charge is 0.516 e. The maximum atomic E-state index is 12.9. The average molecular weight is 485 g/mol. The summed E-state index contributed by atoms with van der Waals surface area (Å²) in [5, 5.41) is 14.6. The van der Waals surface area contributed by atoms with E-state index in [0.29, 0.717) is 22.0 Å². The van der Waals surface area contributed by atoms with E-state index in [0.717, 1.165) is 13.4 Å². The number of aliphatic hydroxyl groups is 1. The number of fused-ring (bicyclic) bond motifs is 2. The molecular formula is C23H24N4O6S. The summed E-state index contributed by atoms with van der Waals surface area (Å²) in [6, 6.07) is 9.61. The third-order valence-electron chi connectivity index (χ3n) is 5.35. The molecule has 0 spiro atoms. The van der Waals surface area contributed by atoms with Crippen LogP contribution in [0.25, 0.3) is 21.8 Å². The molecule has 1 heterocycles. The molecule has 0 fully saturated rings. The van der Waals surface area contributed by atoms with E-state index in [1.165, 1.54) is 12.1 Å². The van der Waals surface area contributed by atoms with E-state index >= 15 is 0 Å². The maximum Gasteiger partial charge on any atom is 0.332 e. The van der Waals surface area contributed by atoms with Gasteiger partial charge in [-0.25, -0.2) is 4.79 Å². The molecule has 0 saturated carbocycles. The number of anilines is 1. The lowest BCUT2D eigenvalue weighted by atomic mass is 9.97. The predicted molar refractivity (Wildman–Crippen MR) is 132 cm³/mol. The van der Waals surface area contributed by atoms with Crippen molar-refractivity contribution in [1.29, 1.82) is 0 Å². The van der Waals surface area contributed by atoms with E-state index in [-0.39, 0.29) is 28.7 Å². The van der Waals surface area contributed by atoms with Gasteiger partial charge in [0.15, 0.2) is 11.0 Å². The zero-order valence-corrected chi connectivity index (χ0v) is 19.1. The first kappa shape index (κ1) is 24.6. The number of aliphatic hydroxyl groups excluding tert-OH is 1. The molecule has 1 atom stereocenters. The number of nitrogen functional groups attached to an aromatic ring is 1. The van der Waals surface area contributed by atoms with Gasteiger partial charge >= 0.3 is 5.97 Å². The molecule has 1 aromatic heterocycles. The number of carbonyl (C=O) groups is 3. The number of aromatic nitrogens is 1. The van der Waals surface area contributed by atoms with Crippen LogP contribution < -0.4 is 21.8 Å². The smallest absolute Gasteiger partial charge is 0.332 e. The van der Waals surface area contributed by atoms with Gasteiger partial charge in [-0.15, -0.1) is 0 Å². The van der Waals surface area contributed by atoms with Crippen LogP contribution >= 0.6 is 12.6 Å². The second-order valence-electron chi connectivity index (χ2n) is 7.50. The summed E-state index contributed by atoms with van der Waals surface area (Å²) in [5.74, 6) is -2.16. The van der Waals surface area contributed by atoms with Gasteiger partial charge in [-0.1, -0.05) is 12.1 Å². The van der Waals surface area contributed by atoms with Gasteiger partial charge < -0.3 is 31.2 Å². The average Bonchev–Trinajstić information content (AvgIpc) is 2.85. The molecule has 178 valence electrons. The summed E-state index contributed by atoms with van der Waals surface area (Å²) in [5.41, 5.74) is 5.37. The van der Waals surface area contributed by atoms with Gasteiger partial charge in [0.05, 0.1) is 42.2 Å². The minimum Gasteiger partial charge on any atom is -0.516 e. The lowest BCUT2D eigenvalue weighted by Crippen LogP contribution is -2.58. The first-order chi connectivity index (χ1) is 16.3. The number of nitrogens with one attached hydrogen (secondary N) is 3. The van der Waals surface area contributed by atoms with Gasteiger partial charge in [-0.05, 0) is 30.3 Å². The molecule has 11 heteroatoms. The molecule has 0 aliphatic heterocycles. The molecule has 0 unspecified atom stereocenters. The highest BCUT2D eigenvalue weighted by molar-refractivity contribution is 7.80. The van der Waals surface area contributed by atoms with Gasteiger partial charge in [0.1, 0.15) is 0 Å². The van der Waals surface area contributed by atoms with Crippen LogP contribution in [-0.2, 0) is 14.3 Å². The molecule has 3 aromatic rings. The molecule has 0 radical (unpaired) electrons. The quantitative estimate of drug-likeness (QED) is 0.0925. The number of hydrogen-bond donors (Lipinski definition) is 6. The number of thiol groups is 1. The standard InChI is InChI=1S/C23H24N4O6S/c1-33-22(32)23(12-34,9-4-10-28)27-17(29)11-25-21(31)15-7-2-5-13-18(15)26-19-14(20(13)30)6-3-8-16(19)24/h2-8,10,28,34H,9,11-12,24H2,1H3,(H,25,31)(H,26,30)(H,27,29)/b10-4+/t23-/m1/s1. The zero-order valence-electron chi connectivity index (χ0n) is 18.3. The topological polar surface area (TPSA) is 164 Å². The van der Waals surface area contributed by atoms with Crippen molar-refractivity contribution in [2.75, 3.05) is 25.1 Å². The Morgan fingerprint density at radius 2 is 1.85 bits per heavy atom. The van der Waals surface area contributed by atoms with Crippen molar-refractivity contribution in [3.8, 4) is 0 Å². The first-order valence-electron chi connectivity index (χ1n) is 10.2. The van der Waals surface area contributed by atoms with Gasteiger partial charge in [-0.2, -0.15) is 12.6 Å². The number of methoxy groups -OCH3 is 1. The lowest BCUT2D eigenvalue weighted by molar-refractivity contribution is -0.149. The fraction of sp³-hybridized carbons (Fsp3) is 0.217. The highest BCUT2D eigenvalue weighted by Gasteiger charge is 2.39. The number of pyridine rings is 1. The zero-order chi connectivity index (χ0) is 24.9. The van der Waals surface area contributed by atoms with Crippen molar-refractivity contribution in [2.24, 2.45) is 0 Å². The molecule has 6 N–H and O–H groups in total. The van der Waals surface area contributed by atoms with Crippen LogP contribution in [0, 0.1) is 0 Å². The first-order valence-corrected chi connectivity index (χ1v) is 10.8. The van der Waals surface area contributed by atoms with Crippen LogP contribution in [-0.4, -0.2) is 52.8 Å². The Morgan fingerprint density at radius 1 is 1.18 bits per heavy atom. The van der Waals surface area contributed by atoms with Crippen molar-refractivity contribution in [3.63, 3.8) is 0 Å². The molecule has 0 saturated heterocycles. The van der Waals surface area contributed by atoms with E-state index in [4.69, 9.17) is 15.6 Å². The van der Waals surface area contributed by atoms with Crippen molar-refractivity contribution < 1.29 is 24.2 Å². The molecule has 0 aliphatic carbocycles. The van der Waals surface area contributed by atoms with Crippen molar-refractivity contribution in [1.82, 2.24) is 15.6 Å². The number of hydrogen-bond acceptors (Lipinski definition) is 8. The Kier molecular flexibility index (Phi) is 7.47. The summed E-state index contributed by atoms with van der Waals surface area (Å²) in [4.78, 5) is 53.7. The number of amides is 2. The molecule has 34 heavy (non-hydrogen) atoms. The molecule has 10 nitrogen and oxygen atoms in total. The number of nitrogens with two attached hydrogens (primary N) is 1. The summed E-state index contributed by atoms with van der Waals surface area (Å²) in [7, 11) is 1.16. The molecule has 2 aromatic carbocycles. The number of carbonyl (C=O) groups excluding carboxylic acids is 3. The number of H-pyrrole nitrogens is 1. The number of rotatable bonds is 8. The number of benzene rings is 2. The van der Waals surface area contributed by atoms with Crippen molar-refractivity contribution in [2.45, 2.75) is 12.0 Å². The Bertz CT molecular complexity index is 1350. The molecule has 2 amide bonds. The van der Waals surface area contributed by atoms with Gasteiger partial charge in [0.25, 0.3) is 5.91 Å². The monoisotopic (exact) mass is 484 g/mol. The molecule has 0 aliphatic rings. The predicted octanol–water partition coefficient (Wildman–Crippen LogP) is 1.41. The summed E-state index contributed by atoms with van der Waals surface area (Å²) >= 11 is 4.13. The van der Waals surface area contributed by atoms with E-state index in [1.807, 2.05) is 0 Å². The van der Waals surface area contributed by atoms with Crippen LogP contribution in [0.4, 0.5) is 5.69 Å². The third kappa shape index (κ3) is 4.69. The minimum atomic E-state index is -1.53. The van der Waals surface area contributed by atoms with Gasteiger partial charge in [0, 0.05) is 22.9 Å². The van der Waals surface area contributed by atoms with Crippen molar-refractivity contribution in [3.05, 3.63) is 64.5 Å². The van der Waals surface area contributed by atoms with Crippen LogP contribution in [0.3, 0.4) is 0 Å². The van der Waals surface area contributed by atoms with Gasteiger partial charge in [-0.3, -0.25) is 14.4 Å². The molecular weight excluding hydrogens is 460 g/mol. The Labute approximate surface area is 199 Å². The highest BCUT2D eigenvalue weighted by atomic mass is 32.1. The third-order valence-corrected chi connectivity index (χ3v) is 5.89. The number of esters is 1. The van der Waals surface area contributed by atoms with Crippen LogP contribution in [0.1, 0.15) is 16.8 Å². The van der Waals surface area contributed by atoms with Crippen LogP contribution in [0.15, 0.2) is 53.5 Å². The fourth-order valence-electron chi connectivity index (χ4n) is 3.60. The Hall–Kier alpha value is -3.99. The van der Waals surface area contributed by atoms with E-state index in [1.54, 1.807) is 30.3 Å². The molecule has 0 bridgehead atoms. The van der Waals surface area contributed by atoms with E-state index in [9.17, 15) is 19.2 Å². The second-order valence-corrected chi connectivity index (χ2v) is 7.82. The fourth-order valence-corrected chi connectivity index (χ4v) is 3.94. The van der Waals surface area contributed by atoms with Crippen molar-refractivity contribution >= 4 is 57.9 Å².